The minimum Gasteiger partial charge on any atom is -0.496 e. The van der Waals surface area contributed by atoms with Gasteiger partial charge < -0.3 is 25.7 Å². The van der Waals surface area contributed by atoms with Crippen molar-refractivity contribution >= 4 is 27.4 Å². The second-order valence-electron chi connectivity index (χ2n) is 14.2. The number of benzene rings is 2. The number of esters is 1. The van der Waals surface area contributed by atoms with E-state index < -0.39 is 46.8 Å². The van der Waals surface area contributed by atoms with Gasteiger partial charge in [0.2, 0.25) is 0 Å². The summed E-state index contributed by atoms with van der Waals surface area (Å²) >= 11 is 1.53. The molecule has 3 aromatic rings. The van der Waals surface area contributed by atoms with Gasteiger partial charge in [0.05, 0.1) is 12.5 Å². The van der Waals surface area contributed by atoms with Gasteiger partial charge in [0.25, 0.3) is 0 Å². The van der Waals surface area contributed by atoms with Gasteiger partial charge in [-0.1, -0.05) is 25.8 Å². The van der Waals surface area contributed by atoms with Crippen molar-refractivity contribution in [2.24, 2.45) is 22.3 Å². The lowest BCUT2D eigenvalue weighted by atomic mass is 9.78. The van der Waals surface area contributed by atoms with Crippen LogP contribution < -0.4 is 20.9 Å². The fourth-order valence-electron chi connectivity index (χ4n) is 6.15. The fraction of sp³-hybridized carbons (Fsp3) is 0.583. The van der Waals surface area contributed by atoms with Gasteiger partial charge in [-0.25, -0.2) is 0 Å². The molecule has 1 fully saturated rings. The lowest BCUT2D eigenvalue weighted by molar-refractivity contribution is -0.265. The largest absolute Gasteiger partial charge is 0.496 e. The minimum atomic E-state index is -4.69. The zero-order valence-corrected chi connectivity index (χ0v) is 28.9. The summed E-state index contributed by atoms with van der Waals surface area (Å²) < 4.78 is 62.7. The summed E-state index contributed by atoms with van der Waals surface area (Å²) in [7, 11) is 1.66. The summed E-state index contributed by atoms with van der Waals surface area (Å²) in [5.74, 6) is 0.349. The van der Waals surface area contributed by atoms with E-state index in [4.69, 9.17) is 25.7 Å². The molecule has 0 amide bonds. The number of halogens is 3. The number of rotatable bonds is 13. The van der Waals surface area contributed by atoms with Crippen LogP contribution in [0.4, 0.5) is 13.2 Å². The Kier molecular flexibility index (Phi) is 10.8. The van der Waals surface area contributed by atoms with Gasteiger partial charge in [-0.3, -0.25) is 4.79 Å². The third kappa shape index (κ3) is 7.66. The average molecular weight is 663 g/mol. The van der Waals surface area contributed by atoms with E-state index in [2.05, 4.69) is 31.2 Å². The highest BCUT2D eigenvalue weighted by molar-refractivity contribution is 7.22. The Bertz CT molecular complexity index is 1510. The van der Waals surface area contributed by atoms with Crippen LogP contribution in [0.3, 0.4) is 0 Å². The van der Waals surface area contributed by atoms with Gasteiger partial charge in [0.15, 0.2) is 0 Å². The van der Waals surface area contributed by atoms with E-state index in [-0.39, 0.29) is 12.8 Å². The SMILES string of the molecule is CCCCCc1ccc(-c2cc3ccc(OC4CCC(OC(=O)C(C)(C)C(N)CC(C)(C)N)C4(C)C(F)(F)F)cc3s2)c(OC)c1. The van der Waals surface area contributed by atoms with Crippen LogP contribution in [0.2, 0.25) is 0 Å². The summed E-state index contributed by atoms with van der Waals surface area (Å²) in [6, 6.07) is 13.0. The zero-order chi connectivity index (χ0) is 34.1. The molecule has 1 aliphatic carbocycles. The highest BCUT2D eigenvalue weighted by Crippen LogP contribution is 2.53. The van der Waals surface area contributed by atoms with E-state index in [0.717, 1.165) is 52.5 Å². The normalized spacial score (nSPS) is 21.4. The number of aryl methyl sites for hydroxylation is 1. The fourth-order valence-corrected chi connectivity index (χ4v) is 7.27. The molecule has 0 bridgehead atoms. The number of fused-ring (bicyclic) bond motifs is 1. The molecule has 0 aliphatic heterocycles. The van der Waals surface area contributed by atoms with Crippen molar-refractivity contribution in [1.82, 2.24) is 0 Å². The molecule has 1 heterocycles. The van der Waals surface area contributed by atoms with Crippen LogP contribution in [0.25, 0.3) is 20.5 Å². The summed E-state index contributed by atoms with van der Waals surface area (Å²) in [5, 5.41) is 0.956. The van der Waals surface area contributed by atoms with Crippen molar-refractivity contribution < 1.29 is 32.2 Å². The number of unbranched alkanes of at least 4 members (excludes halogenated alkanes) is 2. The van der Waals surface area contributed by atoms with Crippen molar-refractivity contribution in [3.05, 3.63) is 48.0 Å². The molecule has 4 rings (SSSR count). The molecule has 0 saturated heterocycles. The van der Waals surface area contributed by atoms with E-state index in [1.807, 2.05) is 6.07 Å². The van der Waals surface area contributed by atoms with Crippen LogP contribution in [0.15, 0.2) is 42.5 Å². The molecule has 10 heteroatoms. The molecule has 1 aromatic heterocycles. The van der Waals surface area contributed by atoms with E-state index in [0.29, 0.717) is 12.2 Å². The van der Waals surface area contributed by atoms with Crippen molar-refractivity contribution in [1.29, 1.82) is 0 Å². The molecule has 2 aromatic carbocycles. The van der Waals surface area contributed by atoms with E-state index in [9.17, 15) is 18.0 Å². The summed E-state index contributed by atoms with van der Waals surface area (Å²) in [4.78, 5) is 14.3. The number of alkyl halides is 3. The Morgan fingerprint density at radius 2 is 1.74 bits per heavy atom. The van der Waals surface area contributed by atoms with Crippen LogP contribution in [0.1, 0.15) is 85.6 Å². The highest BCUT2D eigenvalue weighted by atomic mass is 32.1. The summed E-state index contributed by atoms with van der Waals surface area (Å²) in [6.45, 7) is 10.0. The Morgan fingerprint density at radius 1 is 1.04 bits per heavy atom. The molecular formula is C36H49F3N2O4S. The topological polar surface area (TPSA) is 96.8 Å². The zero-order valence-electron chi connectivity index (χ0n) is 28.1. The number of hydrogen-bond donors (Lipinski definition) is 2. The van der Waals surface area contributed by atoms with Crippen molar-refractivity contribution in [2.45, 2.75) is 116 Å². The average Bonchev–Trinajstić information content (AvgIpc) is 3.53. The monoisotopic (exact) mass is 662 g/mol. The van der Waals surface area contributed by atoms with Crippen molar-refractivity contribution in [3.63, 3.8) is 0 Å². The number of nitrogens with two attached hydrogens (primary N) is 2. The quantitative estimate of drug-likeness (QED) is 0.140. The number of hydrogen-bond acceptors (Lipinski definition) is 7. The Labute approximate surface area is 275 Å². The maximum Gasteiger partial charge on any atom is 0.401 e. The first-order chi connectivity index (χ1) is 21.4. The molecule has 4 unspecified atom stereocenters. The van der Waals surface area contributed by atoms with Crippen molar-refractivity contribution in [3.8, 4) is 21.9 Å². The smallest absolute Gasteiger partial charge is 0.401 e. The van der Waals surface area contributed by atoms with Crippen LogP contribution in [-0.4, -0.2) is 43.0 Å². The maximum atomic E-state index is 14.8. The Balaban J connectivity index is 1.54. The first-order valence-electron chi connectivity index (χ1n) is 16.1. The number of carbonyl (C=O) groups is 1. The van der Waals surface area contributed by atoms with Crippen LogP contribution in [0.5, 0.6) is 11.5 Å². The predicted molar refractivity (Wildman–Crippen MR) is 179 cm³/mol. The molecule has 254 valence electrons. The molecule has 46 heavy (non-hydrogen) atoms. The molecule has 6 nitrogen and oxygen atoms in total. The Morgan fingerprint density at radius 3 is 2.37 bits per heavy atom. The molecular weight excluding hydrogens is 613 g/mol. The van der Waals surface area contributed by atoms with Gasteiger partial charge in [-0.15, -0.1) is 11.3 Å². The maximum absolute atomic E-state index is 14.8. The molecule has 1 aliphatic rings. The number of thiophene rings is 1. The van der Waals surface area contributed by atoms with E-state index in [1.54, 1.807) is 46.9 Å². The first-order valence-corrected chi connectivity index (χ1v) is 16.9. The first kappa shape index (κ1) is 36.0. The molecule has 4 N–H and O–H groups in total. The lowest BCUT2D eigenvalue weighted by Crippen LogP contribution is -2.54. The molecule has 4 atom stereocenters. The van der Waals surface area contributed by atoms with E-state index >= 15 is 0 Å². The predicted octanol–water partition coefficient (Wildman–Crippen LogP) is 8.81. The van der Waals surface area contributed by atoms with Gasteiger partial charge >= 0.3 is 12.1 Å². The number of ether oxygens (including phenoxy) is 3. The molecule has 1 saturated carbocycles. The number of carbonyl (C=O) groups excluding carboxylic acids is 1. The second-order valence-corrected chi connectivity index (χ2v) is 15.3. The summed E-state index contributed by atoms with van der Waals surface area (Å²) in [6.07, 6.45) is -2.51. The standard InChI is InChI=1S/C36H49F3N2O4S/c1-8-9-10-11-22-12-15-25(26(18-22)43-7)28-19-23-13-14-24(20-27(23)46-28)44-30-16-17-31(35(30,6)36(37,38)39)45-32(42)34(4,5)29(40)21-33(2,3)41/h12-15,18-20,29-31H,8-11,16-17,21,40-41H2,1-7H3. The van der Waals surface area contributed by atoms with Gasteiger partial charge in [0, 0.05) is 26.7 Å². The summed E-state index contributed by atoms with van der Waals surface area (Å²) in [5.41, 5.74) is 10.3. The van der Waals surface area contributed by atoms with Crippen LogP contribution in [0, 0.1) is 10.8 Å². The third-order valence-electron chi connectivity index (χ3n) is 9.46. The minimum absolute atomic E-state index is 0.0136. The highest BCUT2D eigenvalue weighted by Gasteiger charge is 2.66. The second kappa shape index (κ2) is 13.7. The van der Waals surface area contributed by atoms with E-state index in [1.165, 1.54) is 23.3 Å². The number of methoxy groups -OCH3 is 1. The Hall–Kier alpha value is -2.82. The van der Waals surface area contributed by atoms with Crippen LogP contribution >= 0.6 is 11.3 Å². The van der Waals surface area contributed by atoms with Gasteiger partial charge in [-0.2, -0.15) is 13.2 Å². The van der Waals surface area contributed by atoms with Crippen molar-refractivity contribution in [2.75, 3.05) is 7.11 Å². The molecule has 0 radical (unpaired) electrons. The van der Waals surface area contributed by atoms with Crippen LogP contribution in [-0.2, 0) is 16.0 Å². The third-order valence-corrected chi connectivity index (χ3v) is 10.6. The lowest BCUT2D eigenvalue weighted by Gasteiger charge is -2.40. The van der Waals surface area contributed by atoms with Gasteiger partial charge in [0.1, 0.15) is 29.1 Å². The molecule has 0 spiro atoms. The van der Waals surface area contributed by atoms with Gasteiger partial charge in [-0.05, 0) is 114 Å².